The molecule has 0 fully saturated rings. The molecule has 0 spiro atoms. The lowest BCUT2D eigenvalue weighted by atomic mass is 10.1. The SMILES string of the molecule is COC(=Cc1ccccc1)c1ccccc1OC. The van der Waals surface area contributed by atoms with Crippen molar-refractivity contribution in [1.29, 1.82) is 0 Å². The molecule has 92 valence electrons. The molecule has 0 aliphatic rings. The summed E-state index contributed by atoms with van der Waals surface area (Å²) in [6.07, 6.45) is 2.00. The van der Waals surface area contributed by atoms with Crippen LogP contribution in [-0.2, 0) is 4.74 Å². The highest BCUT2D eigenvalue weighted by molar-refractivity contribution is 5.79. The summed E-state index contributed by atoms with van der Waals surface area (Å²) in [5.74, 6) is 1.60. The van der Waals surface area contributed by atoms with Gasteiger partial charge in [-0.2, -0.15) is 0 Å². The summed E-state index contributed by atoms with van der Waals surface area (Å²) in [6, 6.07) is 17.9. The van der Waals surface area contributed by atoms with E-state index in [0.717, 1.165) is 22.6 Å². The first-order valence-corrected chi connectivity index (χ1v) is 5.79. The molecule has 0 aliphatic carbocycles. The molecule has 0 aromatic heterocycles. The molecule has 0 unspecified atom stereocenters. The van der Waals surface area contributed by atoms with Gasteiger partial charge in [-0.25, -0.2) is 0 Å². The Balaban J connectivity index is 2.42. The molecule has 2 rings (SSSR count). The average Bonchev–Trinajstić information content (AvgIpc) is 2.46. The van der Waals surface area contributed by atoms with Crippen molar-refractivity contribution in [2.45, 2.75) is 0 Å². The van der Waals surface area contributed by atoms with Gasteiger partial charge in [0.2, 0.25) is 0 Å². The molecule has 0 heterocycles. The summed E-state index contributed by atoms with van der Waals surface area (Å²) in [5.41, 5.74) is 2.05. The maximum Gasteiger partial charge on any atom is 0.130 e. The van der Waals surface area contributed by atoms with Gasteiger partial charge in [0.15, 0.2) is 0 Å². The molecule has 2 heteroatoms. The first-order chi connectivity index (χ1) is 8.85. The van der Waals surface area contributed by atoms with E-state index in [1.807, 2.05) is 60.7 Å². The summed E-state index contributed by atoms with van der Waals surface area (Å²) >= 11 is 0. The van der Waals surface area contributed by atoms with Crippen LogP contribution in [0.1, 0.15) is 11.1 Å². The van der Waals surface area contributed by atoms with Crippen LogP contribution < -0.4 is 4.74 Å². The van der Waals surface area contributed by atoms with Crippen LogP contribution in [0.2, 0.25) is 0 Å². The average molecular weight is 240 g/mol. The molecule has 2 aromatic carbocycles. The highest BCUT2D eigenvalue weighted by atomic mass is 16.5. The quantitative estimate of drug-likeness (QED) is 0.597. The van der Waals surface area contributed by atoms with Gasteiger partial charge in [0.05, 0.1) is 19.8 Å². The van der Waals surface area contributed by atoms with Gasteiger partial charge < -0.3 is 9.47 Å². The Morgan fingerprint density at radius 1 is 0.889 bits per heavy atom. The molecule has 2 aromatic rings. The Kier molecular flexibility index (Phi) is 4.02. The summed E-state index contributed by atoms with van der Waals surface area (Å²) < 4.78 is 10.8. The van der Waals surface area contributed by atoms with Gasteiger partial charge in [0.1, 0.15) is 11.5 Å². The topological polar surface area (TPSA) is 18.5 Å². The van der Waals surface area contributed by atoms with Gasteiger partial charge >= 0.3 is 0 Å². The molecule has 0 bridgehead atoms. The summed E-state index contributed by atoms with van der Waals surface area (Å²) in [5, 5.41) is 0. The molecule has 0 saturated heterocycles. The molecular weight excluding hydrogens is 224 g/mol. The number of methoxy groups -OCH3 is 2. The van der Waals surface area contributed by atoms with Crippen LogP contribution >= 0.6 is 0 Å². The fourth-order valence-corrected chi connectivity index (χ4v) is 1.80. The van der Waals surface area contributed by atoms with E-state index in [4.69, 9.17) is 9.47 Å². The molecule has 0 atom stereocenters. The number of hydrogen-bond donors (Lipinski definition) is 0. The van der Waals surface area contributed by atoms with E-state index in [2.05, 4.69) is 0 Å². The lowest BCUT2D eigenvalue weighted by Gasteiger charge is -2.11. The van der Waals surface area contributed by atoms with Crippen molar-refractivity contribution < 1.29 is 9.47 Å². The van der Waals surface area contributed by atoms with Gasteiger partial charge in [0.25, 0.3) is 0 Å². The molecule has 18 heavy (non-hydrogen) atoms. The van der Waals surface area contributed by atoms with E-state index in [0.29, 0.717) is 0 Å². The van der Waals surface area contributed by atoms with E-state index in [9.17, 15) is 0 Å². The van der Waals surface area contributed by atoms with Crippen LogP contribution in [0.25, 0.3) is 11.8 Å². The second-order valence-corrected chi connectivity index (χ2v) is 3.82. The van der Waals surface area contributed by atoms with Crippen molar-refractivity contribution in [3.8, 4) is 5.75 Å². The molecule has 2 nitrogen and oxygen atoms in total. The minimum Gasteiger partial charge on any atom is -0.496 e. The smallest absolute Gasteiger partial charge is 0.130 e. The third kappa shape index (κ3) is 2.72. The zero-order valence-corrected chi connectivity index (χ0v) is 10.6. The van der Waals surface area contributed by atoms with Crippen molar-refractivity contribution in [3.63, 3.8) is 0 Å². The second-order valence-electron chi connectivity index (χ2n) is 3.82. The third-order valence-corrected chi connectivity index (χ3v) is 2.69. The van der Waals surface area contributed by atoms with Gasteiger partial charge in [-0.1, -0.05) is 42.5 Å². The first-order valence-electron chi connectivity index (χ1n) is 5.79. The van der Waals surface area contributed by atoms with Crippen molar-refractivity contribution in [3.05, 3.63) is 65.7 Å². The van der Waals surface area contributed by atoms with E-state index < -0.39 is 0 Å². The summed E-state index contributed by atoms with van der Waals surface area (Å²) in [4.78, 5) is 0. The number of hydrogen-bond acceptors (Lipinski definition) is 2. The van der Waals surface area contributed by atoms with Crippen LogP contribution in [0.5, 0.6) is 5.75 Å². The van der Waals surface area contributed by atoms with Crippen LogP contribution in [0, 0.1) is 0 Å². The molecule has 0 radical (unpaired) electrons. The number of rotatable bonds is 4. The van der Waals surface area contributed by atoms with E-state index in [-0.39, 0.29) is 0 Å². The zero-order valence-electron chi connectivity index (χ0n) is 10.6. The fraction of sp³-hybridized carbons (Fsp3) is 0.125. The lowest BCUT2D eigenvalue weighted by Crippen LogP contribution is -1.93. The van der Waals surface area contributed by atoms with Crippen molar-refractivity contribution >= 4 is 11.8 Å². The highest BCUT2D eigenvalue weighted by Crippen LogP contribution is 2.27. The normalized spacial score (nSPS) is 11.1. The largest absolute Gasteiger partial charge is 0.496 e. The summed E-state index contributed by atoms with van der Waals surface area (Å²) in [7, 11) is 3.33. The fourth-order valence-electron chi connectivity index (χ4n) is 1.80. The van der Waals surface area contributed by atoms with Gasteiger partial charge in [-0.05, 0) is 23.8 Å². The van der Waals surface area contributed by atoms with Crippen LogP contribution in [0.3, 0.4) is 0 Å². The monoisotopic (exact) mass is 240 g/mol. The molecule has 0 aliphatic heterocycles. The Morgan fingerprint density at radius 3 is 2.22 bits per heavy atom. The maximum absolute atomic E-state index is 5.46. The highest BCUT2D eigenvalue weighted by Gasteiger charge is 2.07. The summed E-state index contributed by atoms with van der Waals surface area (Å²) in [6.45, 7) is 0. The third-order valence-electron chi connectivity index (χ3n) is 2.69. The second kappa shape index (κ2) is 5.92. The maximum atomic E-state index is 5.46. The molecule has 0 N–H and O–H groups in total. The van der Waals surface area contributed by atoms with Gasteiger partial charge in [-0.15, -0.1) is 0 Å². The number of para-hydroxylation sites is 1. The van der Waals surface area contributed by atoms with E-state index in [1.165, 1.54) is 0 Å². The van der Waals surface area contributed by atoms with Crippen molar-refractivity contribution in [1.82, 2.24) is 0 Å². The van der Waals surface area contributed by atoms with Crippen molar-refractivity contribution in [2.24, 2.45) is 0 Å². The Hall–Kier alpha value is -2.22. The van der Waals surface area contributed by atoms with Crippen LogP contribution in [0.4, 0.5) is 0 Å². The van der Waals surface area contributed by atoms with Gasteiger partial charge in [0, 0.05) is 0 Å². The van der Waals surface area contributed by atoms with Crippen LogP contribution in [-0.4, -0.2) is 14.2 Å². The van der Waals surface area contributed by atoms with Gasteiger partial charge in [-0.3, -0.25) is 0 Å². The predicted octanol–water partition coefficient (Wildman–Crippen LogP) is 3.84. The molecule has 0 amide bonds. The zero-order chi connectivity index (χ0) is 12.8. The number of ether oxygens (including phenoxy) is 2. The number of benzene rings is 2. The molecular formula is C16H16O2. The Bertz CT molecular complexity index is 530. The Labute approximate surface area is 107 Å². The predicted molar refractivity (Wildman–Crippen MR) is 74.3 cm³/mol. The minimum absolute atomic E-state index is 0.790. The molecule has 0 saturated carbocycles. The van der Waals surface area contributed by atoms with Crippen molar-refractivity contribution in [2.75, 3.05) is 14.2 Å². The lowest BCUT2D eigenvalue weighted by molar-refractivity contribution is 0.364. The van der Waals surface area contributed by atoms with E-state index in [1.54, 1.807) is 14.2 Å². The Morgan fingerprint density at radius 2 is 1.56 bits per heavy atom. The minimum atomic E-state index is 0.790. The first kappa shape index (κ1) is 12.2. The van der Waals surface area contributed by atoms with E-state index >= 15 is 0 Å². The standard InChI is InChI=1S/C16H16O2/c1-17-15-11-7-6-10-14(15)16(18-2)12-13-8-4-3-5-9-13/h3-12H,1-2H3. The van der Waals surface area contributed by atoms with Crippen LogP contribution in [0.15, 0.2) is 54.6 Å².